The molecule has 2 atom stereocenters. The molecule has 11 heteroatoms. The minimum atomic E-state index is 0.275. The summed E-state index contributed by atoms with van der Waals surface area (Å²) in [4.78, 5) is 22.6. The van der Waals surface area contributed by atoms with Gasteiger partial charge in [0.05, 0.1) is 12.6 Å². The third kappa shape index (κ3) is 3.40. The Morgan fingerprint density at radius 2 is 2.10 bits per heavy atom. The van der Waals surface area contributed by atoms with E-state index in [1.165, 1.54) is 17.4 Å². The molecule has 6 rings (SSSR count). The molecule has 2 fully saturated rings. The topological polar surface area (TPSA) is 119 Å². The maximum Gasteiger partial charge on any atom is 0.259 e. The van der Waals surface area contributed by atoms with Gasteiger partial charge in [0.1, 0.15) is 0 Å². The molecule has 160 valence electrons. The minimum Gasteiger partial charge on any atom is -0.461 e. The number of aromatic nitrogens is 7. The summed E-state index contributed by atoms with van der Waals surface area (Å²) >= 11 is 0. The Kier molecular flexibility index (Phi) is 4.34. The van der Waals surface area contributed by atoms with Crippen LogP contribution in [0.2, 0.25) is 0 Å². The monoisotopic (exact) mass is 420 g/mol. The number of imidazole rings is 1. The highest BCUT2D eigenvalue weighted by atomic mass is 16.3. The minimum absolute atomic E-state index is 0.275. The fraction of sp³-hybridized carbons (Fsp3) is 0.450. The van der Waals surface area contributed by atoms with Crippen molar-refractivity contribution in [2.75, 3.05) is 36.8 Å². The van der Waals surface area contributed by atoms with Crippen LogP contribution < -0.4 is 10.6 Å². The first-order valence-electron chi connectivity index (χ1n) is 10.6. The number of piperidine rings is 1. The quantitative estimate of drug-likeness (QED) is 0.518. The van der Waals surface area contributed by atoms with E-state index in [2.05, 4.69) is 39.4 Å². The normalized spacial score (nSPS) is 22.1. The highest BCUT2D eigenvalue weighted by molar-refractivity contribution is 5.53. The summed E-state index contributed by atoms with van der Waals surface area (Å²) in [7, 11) is 0. The average molecular weight is 420 g/mol. The van der Waals surface area contributed by atoms with Gasteiger partial charge in [-0.2, -0.15) is 19.5 Å². The zero-order chi connectivity index (χ0) is 20.8. The van der Waals surface area contributed by atoms with Crippen LogP contribution in [-0.2, 0) is 6.54 Å². The van der Waals surface area contributed by atoms with Gasteiger partial charge in [-0.15, -0.1) is 5.10 Å². The molecule has 0 aliphatic carbocycles. The summed E-state index contributed by atoms with van der Waals surface area (Å²) in [6.07, 6.45) is 9.77. The van der Waals surface area contributed by atoms with E-state index < -0.39 is 0 Å². The summed E-state index contributed by atoms with van der Waals surface area (Å²) in [5, 5.41) is 4.37. The molecule has 4 aromatic rings. The number of furan rings is 1. The molecule has 0 unspecified atom stereocenters. The smallest absolute Gasteiger partial charge is 0.259 e. The van der Waals surface area contributed by atoms with E-state index in [1.807, 2.05) is 24.8 Å². The Bertz CT molecular complexity index is 1170. The van der Waals surface area contributed by atoms with Crippen LogP contribution in [0.3, 0.4) is 0 Å². The number of nitrogens with zero attached hydrogens (tertiary/aromatic N) is 9. The van der Waals surface area contributed by atoms with Crippen molar-refractivity contribution in [3.8, 4) is 11.6 Å². The lowest BCUT2D eigenvalue weighted by Crippen LogP contribution is -2.57. The fourth-order valence-electron chi connectivity index (χ4n) is 4.73. The van der Waals surface area contributed by atoms with Crippen LogP contribution in [-0.4, -0.2) is 71.2 Å². The van der Waals surface area contributed by atoms with Gasteiger partial charge in [0, 0.05) is 51.2 Å². The molecule has 2 aliphatic heterocycles. The summed E-state index contributed by atoms with van der Waals surface area (Å²) in [5.74, 6) is 3.01. The standard InChI is InChI=1S/C20H24N10O/c21-18-24-19(25-20-23-17(26-30(18)20)16-2-1-9-31-16)29-8-7-28-11-14(3-4-15(28)12-29)10-27-6-5-22-13-27/h1-2,5-6,9,13-15H,3-4,7-8,10-12H2,(H2,21,23,24,25,26)/t14-,15+/m1/s1. The van der Waals surface area contributed by atoms with Crippen molar-refractivity contribution in [1.29, 1.82) is 0 Å². The third-order valence-corrected chi connectivity index (χ3v) is 6.28. The maximum atomic E-state index is 6.18. The van der Waals surface area contributed by atoms with Crippen LogP contribution in [0.15, 0.2) is 41.5 Å². The zero-order valence-corrected chi connectivity index (χ0v) is 17.1. The van der Waals surface area contributed by atoms with E-state index in [0.29, 0.717) is 35.3 Å². The number of fused-ring (bicyclic) bond motifs is 2. The molecule has 0 bridgehead atoms. The molecule has 2 saturated heterocycles. The average Bonchev–Trinajstić information content (AvgIpc) is 3.54. The molecule has 11 nitrogen and oxygen atoms in total. The van der Waals surface area contributed by atoms with Crippen LogP contribution in [0.25, 0.3) is 17.4 Å². The molecule has 4 aromatic heterocycles. The van der Waals surface area contributed by atoms with Gasteiger partial charge in [-0.3, -0.25) is 4.90 Å². The van der Waals surface area contributed by atoms with Gasteiger partial charge in [-0.1, -0.05) is 0 Å². The molecule has 31 heavy (non-hydrogen) atoms. The largest absolute Gasteiger partial charge is 0.461 e. The second kappa shape index (κ2) is 7.34. The van der Waals surface area contributed by atoms with Gasteiger partial charge in [-0.25, -0.2) is 4.98 Å². The molecule has 0 saturated carbocycles. The number of hydrogen-bond donors (Lipinski definition) is 1. The summed E-state index contributed by atoms with van der Waals surface area (Å²) in [6.45, 7) is 4.91. The second-order valence-corrected chi connectivity index (χ2v) is 8.30. The molecule has 0 aromatic carbocycles. The second-order valence-electron chi connectivity index (χ2n) is 8.30. The summed E-state index contributed by atoms with van der Waals surface area (Å²) in [5.41, 5.74) is 6.18. The van der Waals surface area contributed by atoms with Crippen molar-refractivity contribution in [2.24, 2.45) is 5.92 Å². The number of nitrogen functional groups attached to an aromatic ring is 1. The molecule has 0 amide bonds. The lowest BCUT2D eigenvalue weighted by Gasteiger charge is -2.46. The van der Waals surface area contributed by atoms with E-state index in [9.17, 15) is 0 Å². The zero-order valence-electron chi connectivity index (χ0n) is 17.1. The Balaban J connectivity index is 1.18. The van der Waals surface area contributed by atoms with Crippen molar-refractivity contribution in [2.45, 2.75) is 25.4 Å². The highest BCUT2D eigenvalue weighted by Crippen LogP contribution is 2.28. The Morgan fingerprint density at radius 1 is 1.13 bits per heavy atom. The third-order valence-electron chi connectivity index (χ3n) is 6.28. The van der Waals surface area contributed by atoms with Gasteiger partial charge in [0.2, 0.25) is 17.7 Å². The Hall–Kier alpha value is -3.47. The highest BCUT2D eigenvalue weighted by Gasteiger charge is 2.34. The Labute approximate surface area is 178 Å². The van der Waals surface area contributed by atoms with Gasteiger partial charge in [0.25, 0.3) is 5.78 Å². The van der Waals surface area contributed by atoms with E-state index in [4.69, 9.17) is 10.2 Å². The van der Waals surface area contributed by atoms with Crippen molar-refractivity contribution in [3.63, 3.8) is 0 Å². The lowest BCUT2D eigenvalue weighted by atomic mass is 9.91. The van der Waals surface area contributed by atoms with Crippen molar-refractivity contribution in [3.05, 3.63) is 37.1 Å². The van der Waals surface area contributed by atoms with Crippen LogP contribution in [0.1, 0.15) is 12.8 Å². The van der Waals surface area contributed by atoms with Crippen LogP contribution >= 0.6 is 0 Å². The predicted molar refractivity (Wildman–Crippen MR) is 113 cm³/mol. The maximum absolute atomic E-state index is 6.18. The first-order valence-corrected chi connectivity index (χ1v) is 10.6. The fourth-order valence-corrected chi connectivity index (χ4v) is 4.73. The number of hydrogen-bond acceptors (Lipinski definition) is 9. The van der Waals surface area contributed by atoms with Crippen LogP contribution in [0.4, 0.5) is 11.9 Å². The van der Waals surface area contributed by atoms with Gasteiger partial charge < -0.3 is 19.6 Å². The molecule has 2 N–H and O–H groups in total. The van der Waals surface area contributed by atoms with Crippen LogP contribution in [0, 0.1) is 5.92 Å². The van der Waals surface area contributed by atoms with E-state index in [1.54, 1.807) is 12.3 Å². The molecule has 2 aliphatic rings. The van der Waals surface area contributed by atoms with Gasteiger partial charge in [0.15, 0.2) is 5.76 Å². The molecule has 0 spiro atoms. The molecular weight excluding hydrogens is 396 g/mol. The van der Waals surface area contributed by atoms with Crippen molar-refractivity contribution < 1.29 is 4.42 Å². The van der Waals surface area contributed by atoms with Gasteiger partial charge >= 0.3 is 0 Å². The van der Waals surface area contributed by atoms with E-state index in [0.717, 1.165) is 32.7 Å². The van der Waals surface area contributed by atoms with Crippen molar-refractivity contribution >= 4 is 17.7 Å². The molecule has 6 heterocycles. The predicted octanol–water partition coefficient (Wildman–Crippen LogP) is 1.16. The summed E-state index contributed by atoms with van der Waals surface area (Å²) < 4.78 is 9.03. The summed E-state index contributed by atoms with van der Waals surface area (Å²) in [6, 6.07) is 4.11. The SMILES string of the molecule is Nc1nc(N2CCN3C[C@@H](Cn4ccnc4)CC[C@H]3C2)nc2nc(-c3ccco3)nn12. The molecule has 0 radical (unpaired) electrons. The number of nitrogens with two attached hydrogens (primary N) is 1. The Morgan fingerprint density at radius 3 is 2.94 bits per heavy atom. The first kappa shape index (κ1) is 18.3. The number of anilines is 2. The first-order chi connectivity index (χ1) is 15.2. The number of rotatable bonds is 4. The van der Waals surface area contributed by atoms with Gasteiger partial charge in [-0.05, 0) is 30.9 Å². The van der Waals surface area contributed by atoms with Crippen molar-refractivity contribution in [1.82, 2.24) is 39.0 Å². The van der Waals surface area contributed by atoms with E-state index >= 15 is 0 Å². The van der Waals surface area contributed by atoms with Crippen LogP contribution in [0.5, 0.6) is 0 Å². The molecular formula is C20H24N10O. The lowest BCUT2D eigenvalue weighted by molar-refractivity contribution is 0.0883. The number of piperazine rings is 1. The van der Waals surface area contributed by atoms with E-state index in [-0.39, 0.29) is 5.95 Å².